The second kappa shape index (κ2) is 8.10. The molecule has 0 amide bonds. The highest BCUT2D eigenvalue weighted by atomic mass is 79.9. The van der Waals surface area contributed by atoms with Crippen LogP contribution in [0, 0.1) is 12.7 Å². The Bertz CT molecular complexity index is 971. The van der Waals surface area contributed by atoms with Gasteiger partial charge >= 0.3 is 0 Å². The number of aromatic nitrogens is 2. The van der Waals surface area contributed by atoms with E-state index in [1.807, 2.05) is 32.2 Å². The van der Waals surface area contributed by atoms with Crippen LogP contribution < -0.4 is 15.8 Å². The van der Waals surface area contributed by atoms with Crippen LogP contribution in [0.3, 0.4) is 0 Å². The summed E-state index contributed by atoms with van der Waals surface area (Å²) in [5.41, 5.74) is 10.1. The maximum absolute atomic E-state index is 14.5. The lowest BCUT2D eigenvalue weighted by molar-refractivity contribution is 0.411. The maximum Gasteiger partial charge on any atom is 0.132 e. The highest BCUT2D eigenvalue weighted by Gasteiger charge is 2.18. The molecule has 3 aromatic rings. The lowest BCUT2D eigenvalue weighted by atomic mass is 10.0. The van der Waals surface area contributed by atoms with E-state index in [1.165, 1.54) is 13.2 Å². The predicted octanol–water partition coefficient (Wildman–Crippen LogP) is 4.43. The standard InChI is InChI=1S/C20H22BrFN4O/c1-12-16(9-13-7-8-15(27-3)10-18(13)22)20(26(2)25-12)24-19-14(11-23)5-4-6-17(19)21/h4-8,10,24H,9,11,23H2,1-3H3. The van der Waals surface area contributed by atoms with E-state index >= 15 is 0 Å². The molecule has 0 atom stereocenters. The van der Waals surface area contributed by atoms with Crippen molar-refractivity contribution in [3.05, 3.63) is 69.1 Å². The molecule has 27 heavy (non-hydrogen) atoms. The van der Waals surface area contributed by atoms with Crippen LogP contribution in [-0.4, -0.2) is 16.9 Å². The van der Waals surface area contributed by atoms with Crippen LogP contribution in [0.25, 0.3) is 0 Å². The van der Waals surface area contributed by atoms with E-state index < -0.39 is 0 Å². The van der Waals surface area contributed by atoms with Gasteiger partial charge in [0.05, 0.1) is 18.5 Å². The first-order valence-electron chi connectivity index (χ1n) is 8.54. The predicted molar refractivity (Wildman–Crippen MR) is 109 cm³/mol. The van der Waals surface area contributed by atoms with Crippen molar-refractivity contribution in [3.63, 3.8) is 0 Å². The highest BCUT2D eigenvalue weighted by molar-refractivity contribution is 9.10. The third-order valence-electron chi connectivity index (χ3n) is 4.54. The number of anilines is 2. The minimum Gasteiger partial charge on any atom is -0.497 e. The number of para-hydroxylation sites is 1. The first-order chi connectivity index (χ1) is 12.9. The van der Waals surface area contributed by atoms with E-state index in [0.717, 1.165) is 32.8 Å². The molecule has 3 rings (SSSR count). The summed E-state index contributed by atoms with van der Waals surface area (Å²) in [6.45, 7) is 2.33. The van der Waals surface area contributed by atoms with E-state index in [-0.39, 0.29) is 5.82 Å². The fourth-order valence-electron chi connectivity index (χ4n) is 3.06. The molecule has 2 aromatic carbocycles. The first-order valence-corrected chi connectivity index (χ1v) is 9.33. The van der Waals surface area contributed by atoms with Crippen molar-refractivity contribution >= 4 is 27.4 Å². The van der Waals surface area contributed by atoms with Gasteiger partial charge in [-0.05, 0) is 46.1 Å². The number of halogens is 2. The molecule has 0 bridgehead atoms. The molecule has 0 saturated carbocycles. The number of nitrogens with one attached hydrogen (secondary N) is 1. The molecule has 0 aliphatic heterocycles. The van der Waals surface area contributed by atoms with Crippen LogP contribution in [0.15, 0.2) is 40.9 Å². The molecule has 0 fully saturated rings. The SMILES string of the molecule is COc1ccc(Cc2c(C)nn(C)c2Nc2c(Br)cccc2CN)c(F)c1. The maximum atomic E-state index is 14.5. The van der Waals surface area contributed by atoms with Gasteiger partial charge in [0.1, 0.15) is 17.4 Å². The Balaban J connectivity index is 2.00. The van der Waals surface area contributed by atoms with Crippen molar-refractivity contribution in [2.75, 3.05) is 12.4 Å². The van der Waals surface area contributed by atoms with Crippen molar-refractivity contribution in [1.82, 2.24) is 9.78 Å². The van der Waals surface area contributed by atoms with E-state index in [9.17, 15) is 4.39 Å². The number of hydrogen-bond donors (Lipinski definition) is 2. The van der Waals surface area contributed by atoms with E-state index in [0.29, 0.717) is 24.3 Å². The Morgan fingerprint density at radius 1 is 1.26 bits per heavy atom. The number of nitrogens with zero attached hydrogens (tertiary/aromatic N) is 2. The largest absolute Gasteiger partial charge is 0.497 e. The van der Waals surface area contributed by atoms with Gasteiger partial charge in [-0.3, -0.25) is 4.68 Å². The summed E-state index contributed by atoms with van der Waals surface area (Å²) < 4.78 is 22.2. The zero-order valence-corrected chi connectivity index (χ0v) is 17.1. The molecule has 142 valence electrons. The van der Waals surface area contributed by atoms with Gasteiger partial charge < -0.3 is 15.8 Å². The molecule has 0 aliphatic rings. The monoisotopic (exact) mass is 432 g/mol. The van der Waals surface area contributed by atoms with Gasteiger partial charge in [-0.1, -0.05) is 18.2 Å². The number of aryl methyl sites for hydroxylation is 2. The summed E-state index contributed by atoms with van der Waals surface area (Å²) in [6.07, 6.45) is 0.417. The molecule has 5 nitrogen and oxygen atoms in total. The summed E-state index contributed by atoms with van der Waals surface area (Å²) >= 11 is 3.57. The Labute approximate surface area is 166 Å². The molecule has 7 heteroatoms. The van der Waals surface area contributed by atoms with E-state index in [2.05, 4.69) is 26.3 Å². The van der Waals surface area contributed by atoms with Crippen LogP contribution >= 0.6 is 15.9 Å². The number of methoxy groups -OCH3 is 1. The molecule has 0 radical (unpaired) electrons. The fraction of sp³-hybridized carbons (Fsp3) is 0.250. The summed E-state index contributed by atoms with van der Waals surface area (Å²) in [7, 11) is 3.39. The number of nitrogens with two attached hydrogens (primary N) is 1. The molecular weight excluding hydrogens is 411 g/mol. The lowest BCUT2D eigenvalue weighted by Crippen LogP contribution is -2.07. The number of benzene rings is 2. The number of ether oxygens (including phenoxy) is 1. The second-order valence-electron chi connectivity index (χ2n) is 6.27. The zero-order chi connectivity index (χ0) is 19.6. The normalized spacial score (nSPS) is 10.9. The topological polar surface area (TPSA) is 65.1 Å². The molecule has 0 aliphatic carbocycles. The molecule has 0 spiro atoms. The molecule has 0 saturated heterocycles. The third kappa shape index (κ3) is 3.99. The Morgan fingerprint density at radius 2 is 2.04 bits per heavy atom. The average Bonchev–Trinajstić information content (AvgIpc) is 2.91. The summed E-state index contributed by atoms with van der Waals surface area (Å²) in [5.74, 6) is 1.01. The summed E-state index contributed by atoms with van der Waals surface area (Å²) in [6, 6.07) is 10.8. The number of hydrogen-bond acceptors (Lipinski definition) is 4. The van der Waals surface area contributed by atoms with Gasteiger partial charge in [0, 0.05) is 36.1 Å². The van der Waals surface area contributed by atoms with Crippen LogP contribution in [0.5, 0.6) is 5.75 Å². The Morgan fingerprint density at radius 3 is 2.70 bits per heavy atom. The van der Waals surface area contributed by atoms with Gasteiger partial charge in [-0.15, -0.1) is 0 Å². The van der Waals surface area contributed by atoms with E-state index in [4.69, 9.17) is 10.5 Å². The van der Waals surface area contributed by atoms with Crippen molar-refractivity contribution in [2.45, 2.75) is 19.9 Å². The molecular formula is C20H22BrFN4O. The van der Waals surface area contributed by atoms with Crippen molar-refractivity contribution < 1.29 is 9.13 Å². The molecule has 1 heterocycles. The smallest absolute Gasteiger partial charge is 0.132 e. The van der Waals surface area contributed by atoms with Crippen molar-refractivity contribution in [1.29, 1.82) is 0 Å². The van der Waals surface area contributed by atoms with Gasteiger partial charge in [0.15, 0.2) is 0 Å². The van der Waals surface area contributed by atoms with Crippen molar-refractivity contribution in [2.24, 2.45) is 12.8 Å². The quantitative estimate of drug-likeness (QED) is 0.604. The van der Waals surface area contributed by atoms with Gasteiger partial charge in [0.25, 0.3) is 0 Å². The van der Waals surface area contributed by atoms with Crippen LogP contribution in [0.4, 0.5) is 15.9 Å². The Kier molecular flexibility index (Phi) is 5.82. The molecule has 0 unspecified atom stereocenters. The minimum atomic E-state index is -0.299. The van der Waals surface area contributed by atoms with Crippen LogP contribution in [0.1, 0.15) is 22.4 Å². The zero-order valence-electron chi connectivity index (χ0n) is 15.5. The first kappa shape index (κ1) is 19.4. The summed E-state index contributed by atoms with van der Waals surface area (Å²) in [4.78, 5) is 0. The highest BCUT2D eigenvalue weighted by Crippen LogP contribution is 2.33. The van der Waals surface area contributed by atoms with Crippen LogP contribution in [0.2, 0.25) is 0 Å². The molecule has 3 N–H and O–H groups in total. The molecule has 1 aromatic heterocycles. The van der Waals surface area contributed by atoms with Gasteiger partial charge in [-0.25, -0.2) is 4.39 Å². The van der Waals surface area contributed by atoms with Crippen molar-refractivity contribution in [3.8, 4) is 5.75 Å². The van der Waals surface area contributed by atoms with Crippen LogP contribution in [-0.2, 0) is 20.0 Å². The third-order valence-corrected chi connectivity index (χ3v) is 5.20. The average molecular weight is 433 g/mol. The van der Waals surface area contributed by atoms with Gasteiger partial charge in [-0.2, -0.15) is 5.10 Å². The van der Waals surface area contributed by atoms with E-state index in [1.54, 1.807) is 16.8 Å². The summed E-state index contributed by atoms with van der Waals surface area (Å²) in [5, 5.41) is 7.95. The number of rotatable bonds is 6. The minimum absolute atomic E-state index is 0.299. The second-order valence-corrected chi connectivity index (χ2v) is 7.13. The van der Waals surface area contributed by atoms with Gasteiger partial charge in [0.2, 0.25) is 0 Å². The Hall–Kier alpha value is -2.38. The lowest BCUT2D eigenvalue weighted by Gasteiger charge is -2.15. The fourth-order valence-corrected chi connectivity index (χ4v) is 3.56.